The van der Waals surface area contributed by atoms with E-state index in [4.69, 9.17) is 11.0 Å². The van der Waals surface area contributed by atoms with Crippen LogP contribution in [0.25, 0.3) is 5.69 Å². The molecule has 1 unspecified atom stereocenters. The molecular weight excluding hydrogens is 292 g/mol. The van der Waals surface area contributed by atoms with Gasteiger partial charge < -0.3 is 15.4 Å². The Morgan fingerprint density at radius 3 is 2.83 bits per heavy atom. The van der Waals surface area contributed by atoms with E-state index in [0.29, 0.717) is 24.2 Å². The van der Waals surface area contributed by atoms with Crippen LogP contribution in [0.3, 0.4) is 0 Å². The molecule has 1 aromatic carbocycles. The summed E-state index contributed by atoms with van der Waals surface area (Å²) in [7, 11) is 0. The lowest BCUT2D eigenvalue weighted by molar-refractivity contribution is -0.140. The van der Waals surface area contributed by atoms with Gasteiger partial charge in [0.05, 0.1) is 23.7 Å². The fourth-order valence-electron chi connectivity index (χ4n) is 3.13. The van der Waals surface area contributed by atoms with E-state index in [1.54, 1.807) is 29.2 Å². The number of carboxylic acids is 1. The second-order valence-corrected chi connectivity index (χ2v) is 5.93. The maximum Gasteiger partial charge on any atom is 0.316 e. The van der Waals surface area contributed by atoms with Crippen LogP contribution in [0, 0.1) is 17.2 Å². The molecule has 0 radical (unpaired) electrons. The zero-order valence-electron chi connectivity index (χ0n) is 12.6. The maximum atomic E-state index is 11.8. The van der Waals surface area contributed by atoms with Crippen LogP contribution in [-0.2, 0) is 10.2 Å². The van der Waals surface area contributed by atoms with Gasteiger partial charge in [0.25, 0.3) is 0 Å². The maximum absolute atomic E-state index is 11.8. The number of imidazole rings is 1. The summed E-state index contributed by atoms with van der Waals surface area (Å²) in [5.74, 6) is -0.711. The van der Waals surface area contributed by atoms with E-state index in [0.717, 1.165) is 18.5 Å². The molecule has 0 aliphatic heterocycles. The van der Waals surface area contributed by atoms with E-state index < -0.39 is 11.4 Å². The average Bonchev–Trinajstić information content (AvgIpc) is 3.10. The van der Waals surface area contributed by atoms with Crippen molar-refractivity contribution >= 4 is 5.97 Å². The number of aliphatic carboxylic acids is 1. The Morgan fingerprint density at radius 2 is 2.22 bits per heavy atom. The summed E-state index contributed by atoms with van der Waals surface area (Å²) in [5, 5.41) is 18.5. The van der Waals surface area contributed by atoms with Crippen LogP contribution < -0.4 is 5.73 Å². The fraction of sp³-hybridized carbons (Fsp3) is 0.353. The highest BCUT2D eigenvalue weighted by Crippen LogP contribution is 2.56. The molecule has 6 heteroatoms. The van der Waals surface area contributed by atoms with Crippen molar-refractivity contribution < 1.29 is 9.90 Å². The molecule has 2 atom stereocenters. The Bertz CT molecular complexity index is 760. The van der Waals surface area contributed by atoms with Crippen LogP contribution in [0.2, 0.25) is 0 Å². The second kappa shape index (κ2) is 5.86. The van der Waals surface area contributed by atoms with Crippen LogP contribution in [0.1, 0.15) is 30.5 Å². The summed E-state index contributed by atoms with van der Waals surface area (Å²) in [6.07, 6.45) is 5.66. The number of carbonyl (C=O) groups is 1. The van der Waals surface area contributed by atoms with E-state index in [9.17, 15) is 9.90 Å². The van der Waals surface area contributed by atoms with Gasteiger partial charge in [0.2, 0.25) is 0 Å². The molecular formula is C17H18N4O2. The van der Waals surface area contributed by atoms with E-state index >= 15 is 0 Å². The third-order valence-corrected chi connectivity index (χ3v) is 4.58. The van der Waals surface area contributed by atoms with Gasteiger partial charge in [-0.05, 0) is 56.0 Å². The molecule has 1 heterocycles. The first-order valence-electron chi connectivity index (χ1n) is 7.60. The highest BCUT2D eigenvalue weighted by molar-refractivity contribution is 5.85. The van der Waals surface area contributed by atoms with Crippen LogP contribution in [0.4, 0.5) is 0 Å². The molecule has 0 spiro atoms. The van der Waals surface area contributed by atoms with Crippen molar-refractivity contribution in [1.29, 1.82) is 5.26 Å². The first-order valence-corrected chi connectivity index (χ1v) is 7.60. The summed E-state index contributed by atoms with van der Waals surface area (Å²) in [5.41, 5.74) is 6.68. The minimum Gasteiger partial charge on any atom is -0.481 e. The molecule has 1 saturated carbocycles. The van der Waals surface area contributed by atoms with Gasteiger partial charge >= 0.3 is 5.97 Å². The standard InChI is InChI=1S/C17H18N4O2/c18-7-1-2-13-8-17(13,16(22)23)15-10-21(11-20-15)14-5-3-12(9-19)4-6-14/h3-6,10-11,13H,1-2,7-8,18H2,(H,22,23)/t13-,17?/m0/s1. The number of hydrogen-bond donors (Lipinski definition) is 2. The number of benzene rings is 1. The summed E-state index contributed by atoms with van der Waals surface area (Å²) >= 11 is 0. The van der Waals surface area contributed by atoms with Crippen molar-refractivity contribution in [2.45, 2.75) is 24.7 Å². The Kier molecular flexibility index (Phi) is 3.89. The van der Waals surface area contributed by atoms with E-state index in [2.05, 4.69) is 11.1 Å². The number of nitriles is 1. The normalized spacial score (nSPS) is 22.5. The van der Waals surface area contributed by atoms with Crippen molar-refractivity contribution in [3.8, 4) is 11.8 Å². The van der Waals surface area contributed by atoms with Crippen LogP contribution in [-0.4, -0.2) is 27.2 Å². The van der Waals surface area contributed by atoms with E-state index in [1.165, 1.54) is 0 Å². The zero-order chi connectivity index (χ0) is 16.4. The van der Waals surface area contributed by atoms with Crippen LogP contribution >= 0.6 is 0 Å². The monoisotopic (exact) mass is 310 g/mol. The van der Waals surface area contributed by atoms with Crippen LogP contribution in [0.15, 0.2) is 36.8 Å². The fourth-order valence-corrected chi connectivity index (χ4v) is 3.13. The lowest BCUT2D eigenvalue weighted by atomic mass is 9.98. The summed E-state index contributed by atoms with van der Waals surface area (Å²) < 4.78 is 1.79. The van der Waals surface area contributed by atoms with Crippen LogP contribution in [0.5, 0.6) is 0 Å². The third kappa shape index (κ3) is 2.60. The largest absolute Gasteiger partial charge is 0.481 e. The third-order valence-electron chi connectivity index (χ3n) is 4.58. The molecule has 23 heavy (non-hydrogen) atoms. The van der Waals surface area contributed by atoms with Gasteiger partial charge in [-0.25, -0.2) is 4.98 Å². The predicted molar refractivity (Wildman–Crippen MR) is 84.0 cm³/mol. The van der Waals surface area contributed by atoms with Gasteiger partial charge in [-0.1, -0.05) is 0 Å². The lowest BCUT2D eigenvalue weighted by Crippen LogP contribution is -2.23. The summed E-state index contributed by atoms with van der Waals surface area (Å²) in [6.45, 7) is 0.575. The van der Waals surface area contributed by atoms with Crippen molar-refractivity contribution in [3.63, 3.8) is 0 Å². The Balaban J connectivity index is 1.85. The number of rotatable bonds is 6. The minimum absolute atomic E-state index is 0.105. The molecule has 2 aromatic rings. The average molecular weight is 310 g/mol. The number of aromatic nitrogens is 2. The second-order valence-electron chi connectivity index (χ2n) is 5.93. The smallest absolute Gasteiger partial charge is 0.316 e. The Morgan fingerprint density at radius 1 is 1.48 bits per heavy atom. The molecule has 6 nitrogen and oxygen atoms in total. The lowest BCUT2D eigenvalue weighted by Gasteiger charge is -2.09. The van der Waals surface area contributed by atoms with Gasteiger partial charge in [0.15, 0.2) is 0 Å². The minimum atomic E-state index is -0.868. The Hall–Kier alpha value is -2.65. The number of carboxylic acid groups (broad SMARTS) is 1. The van der Waals surface area contributed by atoms with E-state index in [1.807, 2.05) is 12.1 Å². The van der Waals surface area contributed by atoms with Gasteiger partial charge in [0, 0.05) is 11.9 Å². The molecule has 118 valence electrons. The topological polar surface area (TPSA) is 105 Å². The number of hydrogen-bond acceptors (Lipinski definition) is 4. The molecule has 1 aromatic heterocycles. The van der Waals surface area contributed by atoms with Crippen molar-refractivity contribution in [2.24, 2.45) is 11.7 Å². The highest BCUT2D eigenvalue weighted by atomic mass is 16.4. The molecule has 0 bridgehead atoms. The SMILES string of the molecule is N#Cc1ccc(-n2cnc(C3(C(=O)O)C[C@@H]3CCCN)c2)cc1. The molecule has 3 rings (SSSR count). The summed E-state index contributed by atoms with van der Waals surface area (Å²) in [6, 6.07) is 9.15. The summed E-state index contributed by atoms with van der Waals surface area (Å²) in [4.78, 5) is 16.1. The molecule has 1 aliphatic carbocycles. The molecule has 1 fully saturated rings. The molecule has 3 N–H and O–H groups in total. The van der Waals surface area contributed by atoms with Crippen molar-refractivity contribution in [1.82, 2.24) is 9.55 Å². The Labute approximate surface area is 134 Å². The first kappa shape index (κ1) is 15.3. The predicted octanol–water partition coefficient (Wildman–Crippen LogP) is 1.83. The van der Waals surface area contributed by atoms with Gasteiger partial charge in [-0.2, -0.15) is 5.26 Å². The zero-order valence-corrected chi connectivity index (χ0v) is 12.6. The van der Waals surface area contributed by atoms with Gasteiger partial charge in [0.1, 0.15) is 5.41 Å². The van der Waals surface area contributed by atoms with E-state index in [-0.39, 0.29) is 5.92 Å². The first-order chi connectivity index (χ1) is 11.1. The number of nitrogens with two attached hydrogens (primary N) is 1. The van der Waals surface area contributed by atoms with Gasteiger partial charge in [-0.3, -0.25) is 4.79 Å². The molecule has 0 saturated heterocycles. The quantitative estimate of drug-likeness (QED) is 0.846. The molecule has 0 amide bonds. The number of nitrogens with zero attached hydrogens (tertiary/aromatic N) is 3. The highest BCUT2D eigenvalue weighted by Gasteiger charge is 2.62. The van der Waals surface area contributed by atoms with Crippen molar-refractivity contribution in [3.05, 3.63) is 48.0 Å². The molecule has 1 aliphatic rings. The van der Waals surface area contributed by atoms with Crippen molar-refractivity contribution in [2.75, 3.05) is 6.54 Å². The van der Waals surface area contributed by atoms with Gasteiger partial charge in [-0.15, -0.1) is 0 Å².